The third kappa shape index (κ3) is 6.51. The number of carbonyl (C=O) groups is 2. The highest BCUT2D eigenvalue weighted by Gasteiger charge is 2.27. The Kier molecular flexibility index (Phi) is 7.70. The number of aromatic nitrogens is 3. The SMILES string of the molecule is CNC(=O)c1cccc(Cn2ccc(-c3cc(-c4ccc(F)cc4)ncc3C3=CCN(C(=O)OC(C)(C)C)C3)n2)c1. The summed E-state index contributed by atoms with van der Waals surface area (Å²) in [6.07, 6.45) is 5.30. The second-order valence-corrected chi connectivity index (χ2v) is 10.9. The first kappa shape index (κ1) is 27.8. The first-order valence-corrected chi connectivity index (χ1v) is 13.4. The van der Waals surface area contributed by atoms with Gasteiger partial charge in [0.1, 0.15) is 11.4 Å². The Balaban J connectivity index is 1.47. The van der Waals surface area contributed by atoms with Crippen LogP contribution in [0.25, 0.3) is 28.1 Å². The molecule has 5 rings (SSSR count). The van der Waals surface area contributed by atoms with Gasteiger partial charge >= 0.3 is 6.09 Å². The molecule has 8 nitrogen and oxygen atoms in total. The number of benzene rings is 2. The summed E-state index contributed by atoms with van der Waals surface area (Å²) in [4.78, 5) is 31.1. The molecule has 1 aliphatic rings. The number of halogens is 1. The lowest BCUT2D eigenvalue weighted by Crippen LogP contribution is -2.35. The molecule has 9 heteroatoms. The summed E-state index contributed by atoms with van der Waals surface area (Å²) in [6.45, 7) is 6.82. The Morgan fingerprint density at radius 1 is 1.02 bits per heavy atom. The second-order valence-electron chi connectivity index (χ2n) is 10.9. The minimum Gasteiger partial charge on any atom is -0.444 e. The largest absolute Gasteiger partial charge is 0.444 e. The van der Waals surface area contributed by atoms with Crippen LogP contribution in [0.5, 0.6) is 0 Å². The van der Waals surface area contributed by atoms with Crippen molar-refractivity contribution in [1.82, 2.24) is 25.0 Å². The summed E-state index contributed by atoms with van der Waals surface area (Å²) >= 11 is 0. The van der Waals surface area contributed by atoms with Crippen LogP contribution in [0.3, 0.4) is 0 Å². The molecule has 3 heterocycles. The summed E-state index contributed by atoms with van der Waals surface area (Å²) in [7, 11) is 1.60. The van der Waals surface area contributed by atoms with Crippen LogP contribution in [0.2, 0.25) is 0 Å². The van der Waals surface area contributed by atoms with Crippen LogP contribution in [-0.2, 0) is 11.3 Å². The van der Waals surface area contributed by atoms with E-state index in [2.05, 4.69) is 10.3 Å². The van der Waals surface area contributed by atoms with Crippen molar-refractivity contribution in [2.24, 2.45) is 0 Å². The molecule has 0 fully saturated rings. The fraction of sp³-hybridized carbons (Fsp3) is 0.250. The maximum Gasteiger partial charge on any atom is 0.410 e. The third-order valence-corrected chi connectivity index (χ3v) is 6.64. The summed E-state index contributed by atoms with van der Waals surface area (Å²) in [6, 6.07) is 17.5. The van der Waals surface area contributed by atoms with Gasteiger partial charge in [0, 0.05) is 54.8 Å². The van der Waals surface area contributed by atoms with Crippen LogP contribution in [0.15, 0.2) is 79.1 Å². The van der Waals surface area contributed by atoms with Crippen molar-refractivity contribution in [3.05, 3.63) is 102 Å². The highest BCUT2D eigenvalue weighted by Crippen LogP contribution is 2.33. The molecule has 0 aliphatic carbocycles. The fourth-order valence-corrected chi connectivity index (χ4v) is 4.65. The highest BCUT2D eigenvalue weighted by atomic mass is 19.1. The number of ether oxygens (including phenoxy) is 1. The van der Waals surface area contributed by atoms with E-state index in [4.69, 9.17) is 9.84 Å². The molecule has 41 heavy (non-hydrogen) atoms. The first-order valence-electron chi connectivity index (χ1n) is 13.4. The average Bonchev–Trinajstić information content (AvgIpc) is 3.62. The van der Waals surface area contributed by atoms with Gasteiger partial charge in [-0.3, -0.25) is 14.5 Å². The lowest BCUT2D eigenvalue weighted by molar-refractivity contribution is 0.0306. The van der Waals surface area contributed by atoms with E-state index in [1.807, 2.05) is 68.1 Å². The van der Waals surface area contributed by atoms with Crippen molar-refractivity contribution in [2.75, 3.05) is 20.1 Å². The van der Waals surface area contributed by atoms with E-state index in [9.17, 15) is 14.0 Å². The molecule has 2 aromatic carbocycles. The molecule has 2 aromatic heterocycles. The van der Waals surface area contributed by atoms with E-state index >= 15 is 0 Å². The summed E-state index contributed by atoms with van der Waals surface area (Å²) in [5.74, 6) is -0.462. The van der Waals surface area contributed by atoms with E-state index in [-0.39, 0.29) is 17.8 Å². The van der Waals surface area contributed by atoms with E-state index < -0.39 is 5.60 Å². The quantitative estimate of drug-likeness (QED) is 0.326. The number of rotatable bonds is 6. The van der Waals surface area contributed by atoms with Gasteiger partial charge in [0.15, 0.2) is 0 Å². The van der Waals surface area contributed by atoms with Gasteiger partial charge in [0.25, 0.3) is 5.91 Å². The predicted molar refractivity (Wildman–Crippen MR) is 156 cm³/mol. The van der Waals surface area contributed by atoms with E-state index in [0.717, 1.165) is 33.5 Å². The summed E-state index contributed by atoms with van der Waals surface area (Å²) < 4.78 is 21.0. The first-order chi connectivity index (χ1) is 19.6. The van der Waals surface area contributed by atoms with Crippen LogP contribution in [0.4, 0.5) is 9.18 Å². The standard InChI is InChI=1S/C32H32FN5O3/c1-32(2,3)41-31(40)37-14-12-24(20-37)27-18-35-29(22-8-10-25(33)11-9-22)17-26(27)28-13-15-38(36-28)19-21-6-5-7-23(16-21)30(39)34-4/h5-13,15-18H,14,19-20H2,1-4H3,(H,34,39). The molecule has 0 atom stereocenters. The Bertz CT molecular complexity index is 1620. The van der Waals surface area contributed by atoms with Gasteiger partial charge in [0.2, 0.25) is 0 Å². The fourth-order valence-electron chi connectivity index (χ4n) is 4.65. The van der Waals surface area contributed by atoms with Gasteiger partial charge in [-0.1, -0.05) is 18.2 Å². The monoisotopic (exact) mass is 553 g/mol. The van der Waals surface area contributed by atoms with Crippen LogP contribution in [0, 0.1) is 5.82 Å². The molecule has 1 aliphatic heterocycles. The number of hydrogen-bond donors (Lipinski definition) is 1. The molecular weight excluding hydrogens is 521 g/mol. The lowest BCUT2D eigenvalue weighted by atomic mass is 9.98. The number of nitrogens with one attached hydrogen (secondary N) is 1. The molecule has 0 spiro atoms. The maximum absolute atomic E-state index is 13.6. The van der Waals surface area contributed by atoms with Crippen molar-refractivity contribution < 1.29 is 18.7 Å². The van der Waals surface area contributed by atoms with Crippen LogP contribution >= 0.6 is 0 Å². The lowest BCUT2D eigenvalue weighted by Gasteiger charge is -2.24. The molecule has 210 valence electrons. The Morgan fingerprint density at radius 2 is 1.80 bits per heavy atom. The number of pyridine rings is 1. The van der Waals surface area contributed by atoms with Crippen molar-refractivity contribution in [3.8, 4) is 22.5 Å². The van der Waals surface area contributed by atoms with E-state index in [1.54, 1.807) is 36.3 Å². The van der Waals surface area contributed by atoms with Gasteiger partial charge in [-0.2, -0.15) is 5.10 Å². The number of carbonyl (C=O) groups excluding carboxylic acids is 2. The van der Waals surface area contributed by atoms with Gasteiger partial charge in [-0.15, -0.1) is 0 Å². The molecule has 0 bridgehead atoms. The molecule has 0 saturated heterocycles. The van der Waals surface area contributed by atoms with Crippen molar-refractivity contribution in [1.29, 1.82) is 0 Å². The van der Waals surface area contributed by atoms with Gasteiger partial charge in [-0.25, -0.2) is 9.18 Å². The number of nitrogens with zero attached hydrogens (tertiary/aromatic N) is 4. The highest BCUT2D eigenvalue weighted by molar-refractivity contribution is 5.94. The smallest absolute Gasteiger partial charge is 0.410 e. The number of amides is 2. The van der Waals surface area contributed by atoms with E-state index in [0.29, 0.717) is 30.9 Å². The topological polar surface area (TPSA) is 89.4 Å². The Hall–Kier alpha value is -4.79. The zero-order chi connectivity index (χ0) is 29.1. The third-order valence-electron chi connectivity index (χ3n) is 6.64. The van der Waals surface area contributed by atoms with Crippen molar-refractivity contribution in [2.45, 2.75) is 32.9 Å². The molecule has 0 unspecified atom stereocenters. The van der Waals surface area contributed by atoms with Crippen LogP contribution in [0.1, 0.15) is 42.3 Å². The van der Waals surface area contributed by atoms with Crippen LogP contribution < -0.4 is 5.32 Å². The Labute approximate surface area is 238 Å². The molecule has 4 aromatic rings. The van der Waals surface area contributed by atoms with Gasteiger partial charge in [-0.05, 0) is 80.4 Å². The summed E-state index contributed by atoms with van der Waals surface area (Å²) in [5, 5.41) is 7.50. The minimum absolute atomic E-state index is 0.145. The average molecular weight is 554 g/mol. The second kappa shape index (κ2) is 11.4. The molecule has 0 radical (unpaired) electrons. The van der Waals surface area contributed by atoms with E-state index in [1.165, 1.54) is 12.1 Å². The normalized spacial score (nSPS) is 13.2. The van der Waals surface area contributed by atoms with Gasteiger partial charge < -0.3 is 15.0 Å². The maximum atomic E-state index is 13.6. The number of hydrogen-bond acceptors (Lipinski definition) is 5. The Morgan fingerprint density at radius 3 is 2.54 bits per heavy atom. The zero-order valence-electron chi connectivity index (χ0n) is 23.5. The molecular formula is C32H32FN5O3. The minimum atomic E-state index is -0.587. The zero-order valence-corrected chi connectivity index (χ0v) is 23.5. The van der Waals surface area contributed by atoms with Crippen molar-refractivity contribution in [3.63, 3.8) is 0 Å². The predicted octanol–water partition coefficient (Wildman–Crippen LogP) is 5.79. The molecule has 2 amide bonds. The summed E-state index contributed by atoms with van der Waals surface area (Å²) in [5.41, 5.74) is 5.76. The van der Waals surface area contributed by atoms with Crippen LogP contribution in [-0.4, -0.2) is 57.4 Å². The van der Waals surface area contributed by atoms with Crippen molar-refractivity contribution >= 4 is 17.6 Å². The van der Waals surface area contributed by atoms with Gasteiger partial charge in [0.05, 0.1) is 17.9 Å². The molecule has 1 N–H and O–H groups in total. The molecule has 0 saturated carbocycles.